The van der Waals surface area contributed by atoms with Crippen molar-refractivity contribution in [1.82, 2.24) is 4.90 Å². The highest BCUT2D eigenvalue weighted by molar-refractivity contribution is 5.76. The first kappa shape index (κ1) is 16.4. The molecule has 1 nitrogen and oxygen atoms in total. The van der Waals surface area contributed by atoms with Gasteiger partial charge in [0.1, 0.15) is 0 Å². The maximum absolute atomic E-state index is 2.38. The molecule has 0 spiro atoms. The summed E-state index contributed by atoms with van der Waals surface area (Å²) >= 11 is 0. The summed E-state index contributed by atoms with van der Waals surface area (Å²) in [6.45, 7) is 10.1. The summed E-state index contributed by atoms with van der Waals surface area (Å²) < 4.78 is 0. The molecule has 0 amide bonds. The van der Waals surface area contributed by atoms with E-state index in [1.54, 1.807) is 0 Å². The van der Waals surface area contributed by atoms with Gasteiger partial charge in [-0.15, -0.1) is 0 Å². The van der Waals surface area contributed by atoms with Crippen LogP contribution in [0.2, 0.25) is 0 Å². The van der Waals surface area contributed by atoms with Gasteiger partial charge in [0, 0.05) is 0 Å². The monoisotopic (exact) mass is 163 g/mol. The van der Waals surface area contributed by atoms with Crippen LogP contribution < -0.4 is 0 Å². The van der Waals surface area contributed by atoms with Gasteiger partial charge in [0.15, 0.2) is 17.4 Å². The van der Waals surface area contributed by atoms with E-state index in [4.69, 9.17) is 0 Å². The number of nitrogens with zero attached hydrogens (tertiary/aromatic N) is 1. The van der Waals surface area contributed by atoms with E-state index in [1.807, 2.05) is 0 Å². The third-order valence-electron chi connectivity index (χ3n) is 1.34. The molecule has 3 heteroatoms. The molecule has 9 heavy (non-hydrogen) atoms. The van der Waals surface area contributed by atoms with E-state index in [9.17, 15) is 0 Å². The zero-order chi connectivity index (χ0) is 5.70. The Balaban J connectivity index is -0.000000180. The summed E-state index contributed by atoms with van der Waals surface area (Å²) in [6, 6.07) is 0. The summed E-state index contributed by atoms with van der Waals surface area (Å²) in [5.74, 6) is 0. The van der Waals surface area contributed by atoms with E-state index in [-0.39, 0.29) is 28.3 Å². The van der Waals surface area contributed by atoms with Crippen molar-refractivity contribution >= 4 is 28.3 Å². The summed E-state index contributed by atoms with van der Waals surface area (Å²) in [5, 5.41) is 0. The Morgan fingerprint density at radius 2 is 1.11 bits per heavy atom. The molecule has 0 unspecified atom stereocenters. The van der Waals surface area contributed by atoms with E-state index in [0.717, 1.165) is 0 Å². The average Bonchev–Trinajstić information content (AvgIpc) is 1.72. The largest absolute Gasteiger partial charge is 0.304 e. The standard InChI is InChI=1S/C6H15N.Al.H4Si.3H/c1-4-7(5-2)6-3;;;;;/h4-6H2,1-3H3;;1H4;;;. The molecule has 0 aliphatic carbocycles. The van der Waals surface area contributed by atoms with E-state index in [0.29, 0.717) is 0 Å². The SMILES string of the molecule is CCN(CC)CC.[AlH3].[SiH4]. The molecule has 58 valence electrons. The molecule has 0 aromatic heterocycles. The molecule has 0 rings (SSSR count). The Labute approximate surface area is 74.0 Å². The van der Waals surface area contributed by atoms with Gasteiger partial charge in [-0.05, 0) is 30.6 Å². The highest BCUT2D eigenvalue weighted by atomic mass is 28.1. The van der Waals surface area contributed by atoms with Crippen LogP contribution in [0.4, 0.5) is 0 Å². The lowest BCUT2D eigenvalue weighted by molar-refractivity contribution is 0.321. The Morgan fingerprint density at radius 3 is 1.11 bits per heavy atom. The molecule has 0 aromatic carbocycles. The van der Waals surface area contributed by atoms with Crippen molar-refractivity contribution in [3.63, 3.8) is 0 Å². The first-order valence-corrected chi connectivity index (χ1v) is 3.07. The third kappa shape index (κ3) is 8.71. The molecule has 0 bridgehead atoms. The fourth-order valence-electron chi connectivity index (χ4n) is 0.671. The van der Waals surface area contributed by atoms with Crippen molar-refractivity contribution in [2.45, 2.75) is 20.8 Å². The van der Waals surface area contributed by atoms with Crippen LogP contribution in [-0.2, 0) is 0 Å². The second-order valence-electron chi connectivity index (χ2n) is 1.62. The van der Waals surface area contributed by atoms with E-state index in [2.05, 4.69) is 25.7 Å². The molecule has 0 aliphatic heterocycles. The zero-order valence-corrected chi connectivity index (χ0v) is 5.57. The van der Waals surface area contributed by atoms with Crippen molar-refractivity contribution in [1.29, 1.82) is 0 Å². The highest BCUT2D eigenvalue weighted by Crippen LogP contribution is 1.81. The molecule has 0 saturated carbocycles. The molecule has 0 atom stereocenters. The van der Waals surface area contributed by atoms with E-state index >= 15 is 0 Å². The minimum absolute atomic E-state index is 0. The predicted molar refractivity (Wildman–Crippen MR) is 54.7 cm³/mol. The van der Waals surface area contributed by atoms with Gasteiger partial charge < -0.3 is 4.90 Å². The molecule has 0 aromatic rings. The van der Waals surface area contributed by atoms with Crippen molar-refractivity contribution < 1.29 is 0 Å². The quantitative estimate of drug-likeness (QED) is 0.468. The van der Waals surface area contributed by atoms with Gasteiger partial charge in [-0.25, -0.2) is 0 Å². The van der Waals surface area contributed by atoms with Gasteiger partial charge in [-0.3, -0.25) is 0 Å². The second kappa shape index (κ2) is 11.5. The van der Waals surface area contributed by atoms with Crippen LogP contribution in [0.3, 0.4) is 0 Å². The Hall–Kier alpha value is 0.709. The van der Waals surface area contributed by atoms with Crippen LogP contribution in [0, 0.1) is 0 Å². The van der Waals surface area contributed by atoms with Crippen molar-refractivity contribution in [2.75, 3.05) is 19.6 Å². The normalized spacial score (nSPS) is 8.00. The van der Waals surface area contributed by atoms with Crippen LogP contribution in [-0.4, -0.2) is 52.9 Å². The van der Waals surface area contributed by atoms with Crippen LogP contribution in [0.25, 0.3) is 0 Å². The minimum atomic E-state index is 0. The van der Waals surface area contributed by atoms with Gasteiger partial charge in [0.25, 0.3) is 0 Å². The van der Waals surface area contributed by atoms with Crippen LogP contribution in [0.15, 0.2) is 0 Å². The van der Waals surface area contributed by atoms with Crippen molar-refractivity contribution in [3.8, 4) is 0 Å². The average molecular weight is 163 g/mol. The Morgan fingerprint density at radius 1 is 0.889 bits per heavy atom. The molecule has 0 radical (unpaired) electrons. The van der Waals surface area contributed by atoms with Gasteiger partial charge in [0.05, 0.1) is 0 Å². The summed E-state index contributed by atoms with van der Waals surface area (Å²) in [7, 11) is 0. The Kier molecular flexibility index (Phi) is 20.9. The number of hydrogen-bond donors (Lipinski definition) is 0. The topological polar surface area (TPSA) is 3.24 Å². The highest BCUT2D eigenvalue weighted by Gasteiger charge is 1.89. The lowest BCUT2D eigenvalue weighted by Gasteiger charge is -2.13. The smallest absolute Gasteiger partial charge is 0.187 e. The first-order valence-electron chi connectivity index (χ1n) is 3.07. The van der Waals surface area contributed by atoms with Gasteiger partial charge in [-0.1, -0.05) is 20.8 Å². The molecule has 0 aliphatic rings. The fraction of sp³-hybridized carbons (Fsp3) is 1.00. The van der Waals surface area contributed by atoms with Crippen molar-refractivity contribution in [2.24, 2.45) is 0 Å². The summed E-state index contributed by atoms with van der Waals surface area (Å²) in [5.41, 5.74) is 0. The summed E-state index contributed by atoms with van der Waals surface area (Å²) in [4.78, 5) is 2.38. The molecule has 0 heterocycles. The van der Waals surface area contributed by atoms with Crippen LogP contribution >= 0.6 is 0 Å². The Bertz CT molecular complexity index is 34.5. The first-order chi connectivity index (χ1) is 3.35. The lowest BCUT2D eigenvalue weighted by atomic mass is 10.5. The summed E-state index contributed by atoms with van der Waals surface area (Å²) in [6.07, 6.45) is 0. The van der Waals surface area contributed by atoms with Gasteiger partial charge in [0.2, 0.25) is 0 Å². The molecule has 0 saturated heterocycles. The second-order valence-corrected chi connectivity index (χ2v) is 1.62. The van der Waals surface area contributed by atoms with Crippen molar-refractivity contribution in [3.05, 3.63) is 0 Å². The molecule has 0 N–H and O–H groups in total. The van der Waals surface area contributed by atoms with E-state index in [1.165, 1.54) is 19.6 Å². The maximum Gasteiger partial charge on any atom is 0.187 e. The fourth-order valence-corrected chi connectivity index (χ4v) is 0.671. The van der Waals surface area contributed by atoms with Gasteiger partial charge >= 0.3 is 0 Å². The van der Waals surface area contributed by atoms with Crippen LogP contribution in [0.5, 0.6) is 0 Å². The zero-order valence-electron chi connectivity index (χ0n) is 5.57. The predicted octanol–water partition coefficient (Wildman–Crippen LogP) is -1.29. The molecule has 0 fully saturated rings. The lowest BCUT2D eigenvalue weighted by Crippen LogP contribution is -2.21. The number of rotatable bonds is 3. The molecular weight excluding hydrogens is 141 g/mol. The van der Waals surface area contributed by atoms with Crippen LogP contribution in [0.1, 0.15) is 20.8 Å². The number of hydrogen-bond acceptors (Lipinski definition) is 1. The molecular formula is C6H22AlNSi. The third-order valence-corrected chi connectivity index (χ3v) is 1.34. The minimum Gasteiger partial charge on any atom is -0.304 e. The van der Waals surface area contributed by atoms with E-state index < -0.39 is 0 Å². The maximum atomic E-state index is 2.38. The van der Waals surface area contributed by atoms with Gasteiger partial charge in [-0.2, -0.15) is 0 Å².